The molecule has 0 fully saturated rings. The van der Waals surface area contributed by atoms with E-state index >= 15 is 0 Å². The molecular formula is C27H48O2. The van der Waals surface area contributed by atoms with Crippen LogP contribution < -0.4 is 0 Å². The van der Waals surface area contributed by atoms with Crippen molar-refractivity contribution in [2.75, 3.05) is 6.61 Å². The van der Waals surface area contributed by atoms with Crippen LogP contribution in [0.2, 0.25) is 0 Å². The number of aromatic hydroxyl groups is 1. The molecule has 0 amide bonds. The second-order valence-electron chi connectivity index (χ2n) is 11.9. The highest BCUT2D eigenvalue weighted by Crippen LogP contribution is 2.46. The van der Waals surface area contributed by atoms with E-state index in [1.54, 1.807) is 0 Å². The zero-order valence-corrected chi connectivity index (χ0v) is 21.1. The van der Waals surface area contributed by atoms with Gasteiger partial charge in [-0.1, -0.05) is 75.3 Å². The SMILES string of the molecule is Cc1cc(O)c(C(C)(C)C)cc1C(C(C)C)C(CC(C)C(C)(C)C)C(C)CCO. The molecule has 0 spiro atoms. The lowest BCUT2D eigenvalue weighted by atomic mass is 9.65. The summed E-state index contributed by atoms with van der Waals surface area (Å²) < 4.78 is 0. The molecule has 0 heterocycles. The molecule has 0 aromatic heterocycles. The van der Waals surface area contributed by atoms with E-state index in [2.05, 4.69) is 82.2 Å². The number of hydrogen-bond acceptors (Lipinski definition) is 2. The molecule has 1 aromatic rings. The molecule has 0 aliphatic heterocycles. The van der Waals surface area contributed by atoms with Gasteiger partial charge in [0.15, 0.2) is 0 Å². The zero-order chi connectivity index (χ0) is 22.7. The van der Waals surface area contributed by atoms with Crippen LogP contribution in [0.3, 0.4) is 0 Å². The summed E-state index contributed by atoms with van der Waals surface area (Å²) in [6.07, 6.45) is 1.99. The van der Waals surface area contributed by atoms with Gasteiger partial charge in [-0.05, 0) is 82.9 Å². The van der Waals surface area contributed by atoms with E-state index in [1.807, 2.05) is 6.07 Å². The Balaban J connectivity index is 3.56. The average Bonchev–Trinajstić information content (AvgIpc) is 2.53. The second kappa shape index (κ2) is 9.86. The van der Waals surface area contributed by atoms with E-state index < -0.39 is 0 Å². The molecule has 4 atom stereocenters. The van der Waals surface area contributed by atoms with Gasteiger partial charge in [-0.2, -0.15) is 0 Å². The molecule has 0 saturated carbocycles. The third kappa shape index (κ3) is 6.74. The van der Waals surface area contributed by atoms with Crippen molar-refractivity contribution in [2.24, 2.45) is 29.1 Å². The monoisotopic (exact) mass is 404 g/mol. The van der Waals surface area contributed by atoms with Crippen LogP contribution in [-0.2, 0) is 5.41 Å². The maximum atomic E-state index is 10.6. The third-order valence-corrected chi connectivity index (χ3v) is 7.15. The number of aliphatic hydroxyl groups is 1. The van der Waals surface area contributed by atoms with Crippen molar-refractivity contribution in [3.05, 3.63) is 28.8 Å². The highest BCUT2D eigenvalue weighted by atomic mass is 16.3. The van der Waals surface area contributed by atoms with Crippen LogP contribution in [0.5, 0.6) is 5.75 Å². The average molecular weight is 405 g/mol. The molecule has 2 N–H and O–H groups in total. The molecule has 0 aliphatic rings. The number of rotatable bonds is 8. The molecule has 2 heteroatoms. The molecule has 4 unspecified atom stereocenters. The summed E-state index contributed by atoms with van der Waals surface area (Å²) in [5.74, 6) is 2.84. The van der Waals surface area contributed by atoms with Crippen LogP contribution in [0.4, 0.5) is 0 Å². The summed E-state index contributed by atoms with van der Waals surface area (Å²) in [5.41, 5.74) is 3.75. The maximum Gasteiger partial charge on any atom is 0.119 e. The van der Waals surface area contributed by atoms with Crippen LogP contribution in [0.15, 0.2) is 12.1 Å². The number of aliphatic hydroxyl groups excluding tert-OH is 1. The van der Waals surface area contributed by atoms with Crippen molar-refractivity contribution < 1.29 is 10.2 Å². The van der Waals surface area contributed by atoms with Gasteiger partial charge < -0.3 is 10.2 Å². The Bertz CT molecular complexity index is 646. The van der Waals surface area contributed by atoms with Gasteiger partial charge in [0.2, 0.25) is 0 Å². The Morgan fingerprint density at radius 1 is 0.931 bits per heavy atom. The molecule has 0 radical (unpaired) electrons. The van der Waals surface area contributed by atoms with Crippen molar-refractivity contribution in [1.29, 1.82) is 0 Å². The lowest BCUT2D eigenvalue weighted by Gasteiger charge is -2.40. The normalized spacial score (nSPS) is 17.3. The predicted octanol–water partition coefficient (Wildman–Crippen LogP) is 7.44. The van der Waals surface area contributed by atoms with Crippen LogP contribution in [0, 0.1) is 36.0 Å². The molecule has 1 rings (SSSR count). The molecular weight excluding hydrogens is 356 g/mol. The quantitative estimate of drug-likeness (QED) is 0.472. The van der Waals surface area contributed by atoms with Gasteiger partial charge in [0.05, 0.1) is 0 Å². The van der Waals surface area contributed by atoms with Crippen LogP contribution in [-0.4, -0.2) is 16.8 Å². The van der Waals surface area contributed by atoms with Gasteiger partial charge in [0, 0.05) is 6.61 Å². The summed E-state index contributed by atoms with van der Waals surface area (Å²) in [6, 6.07) is 4.24. The molecule has 2 nitrogen and oxygen atoms in total. The fraction of sp³-hybridized carbons (Fsp3) is 0.778. The highest BCUT2D eigenvalue weighted by Gasteiger charge is 2.35. The van der Waals surface area contributed by atoms with Crippen molar-refractivity contribution in [3.8, 4) is 5.75 Å². The molecule has 168 valence electrons. The standard InChI is InChI=1S/C27H48O2/c1-17(2)25(21(18(3)12-13-28)15-20(5)26(6,7)8)22-16-23(27(9,10)11)24(29)14-19(22)4/h14,16-18,20-21,25,28-29H,12-13,15H2,1-11H3. The van der Waals surface area contributed by atoms with Crippen molar-refractivity contribution in [1.82, 2.24) is 0 Å². The smallest absolute Gasteiger partial charge is 0.119 e. The number of benzene rings is 1. The Kier molecular flexibility index (Phi) is 8.84. The molecule has 0 saturated heterocycles. The van der Waals surface area contributed by atoms with Gasteiger partial charge in [0.25, 0.3) is 0 Å². The lowest BCUT2D eigenvalue weighted by molar-refractivity contribution is 0.132. The van der Waals surface area contributed by atoms with Gasteiger partial charge >= 0.3 is 0 Å². The van der Waals surface area contributed by atoms with Crippen LogP contribution in [0.1, 0.15) is 105 Å². The van der Waals surface area contributed by atoms with E-state index in [0.29, 0.717) is 35.3 Å². The van der Waals surface area contributed by atoms with E-state index in [4.69, 9.17) is 0 Å². The lowest BCUT2D eigenvalue weighted by Crippen LogP contribution is -2.31. The maximum absolute atomic E-state index is 10.6. The fourth-order valence-electron chi connectivity index (χ4n) is 4.67. The van der Waals surface area contributed by atoms with Gasteiger partial charge in [0.1, 0.15) is 5.75 Å². The number of hydrogen-bond donors (Lipinski definition) is 2. The number of phenols is 1. The van der Waals surface area contributed by atoms with E-state index in [9.17, 15) is 10.2 Å². The van der Waals surface area contributed by atoms with Gasteiger partial charge in [-0.3, -0.25) is 0 Å². The zero-order valence-electron chi connectivity index (χ0n) is 21.1. The third-order valence-electron chi connectivity index (χ3n) is 7.15. The molecule has 29 heavy (non-hydrogen) atoms. The van der Waals surface area contributed by atoms with Crippen molar-refractivity contribution in [2.45, 2.75) is 100 Å². The van der Waals surface area contributed by atoms with E-state index in [-0.39, 0.29) is 17.4 Å². The first-order chi connectivity index (χ1) is 13.1. The minimum Gasteiger partial charge on any atom is -0.508 e. The van der Waals surface area contributed by atoms with Crippen molar-refractivity contribution in [3.63, 3.8) is 0 Å². The summed E-state index contributed by atoms with van der Waals surface area (Å²) in [5, 5.41) is 20.3. The summed E-state index contributed by atoms with van der Waals surface area (Å²) >= 11 is 0. The largest absolute Gasteiger partial charge is 0.508 e. The first-order valence-corrected chi connectivity index (χ1v) is 11.6. The Morgan fingerprint density at radius 2 is 1.48 bits per heavy atom. The summed E-state index contributed by atoms with van der Waals surface area (Å²) in [6.45, 7) is 25.2. The molecule has 0 aliphatic carbocycles. The van der Waals surface area contributed by atoms with E-state index in [0.717, 1.165) is 18.4 Å². The predicted molar refractivity (Wildman–Crippen MR) is 127 cm³/mol. The number of phenolic OH excluding ortho intramolecular Hbond substituents is 1. The highest BCUT2D eigenvalue weighted by molar-refractivity contribution is 5.46. The van der Waals surface area contributed by atoms with Crippen LogP contribution >= 0.6 is 0 Å². The second-order valence-corrected chi connectivity index (χ2v) is 11.9. The summed E-state index contributed by atoms with van der Waals surface area (Å²) in [7, 11) is 0. The number of aryl methyl sites for hydroxylation is 1. The van der Waals surface area contributed by atoms with Crippen LogP contribution in [0.25, 0.3) is 0 Å². The minimum atomic E-state index is -0.0982. The Morgan fingerprint density at radius 3 is 1.90 bits per heavy atom. The van der Waals surface area contributed by atoms with Gasteiger partial charge in [-0.15, -0.1) is 0 Å². The van der Waals surface area contributed by atoms with Crippen molar-refractivity contribution >= 4 is 0 Å². The Labute approximate surface area is 181 Å². The Hall–Kier alpha value is -1.02. The van der Waals surface area contributed by atoms with E-state index in [1.165, 1.54) is 11.1 Å². The van der Waals surface area contributed by atoms with Gasteiger partial charge in [-0.25, -0.2) is 0 Å². The first-order valence-electron chi connectivity index (χ1n) is 11.6. The molecule has 1 aromatic carbocycles. The summed E-state index contributed by atoms with van der Waals surface area (Å²) in [4.78, 5) is 0. The minimum absolute atomic E-state index is 0.0982. The fourth-order valence-corrected chi connectivity index (χ4v) is 4.67. The molecule has 0 bridgehead atoms. The topological polar surface area (TPSA) is 40.5 Å². The first kappa shape index (κ1) is 26.0.